The first kappa shape index (κ1) is 10.2. The number of hydrogen-bond donors (Lipinski definition) is 1. The topological polar surface area (TPSA) is 47.2 Å². The first-order valence-corrected chi connectivity index (χ1v) is 4.44. The number of hydrogen-bond acceptors (Lipinski definition) is 2. The number of aliphatic hydroxyl groups excluding tert-OH is 1. The van der Waals surface area contributed by atoms with Crippen LogP contribution in [0.3, 0.4) is 0 Å². The van der Waals surface area contributed by atoms with Crippen LogP contribution in [0.25, 0.3) is 0 Å². The van der Waals surface area contributed by atoms with E-state index in [0.29, 0.717) is 6.54 Å². The molecule has 1 N–H and O–H groups in total. The van der Waals surface area contributed by atoms with E-state index < -0.39 is 6.10 Å². The molecule has 1 heterocycles. The van der Waals surface area contributed by atoms with Crippen molar-refractivity contribution in [2.75, 3.05) is 6.54 Å². The molecule has 0 bridgehead atoms. The Balaban J connectivity index is 2.44. The molecule has 0 aliphatic heterocycles. The molecule has 13 heavy (non-hydrogen) atoms. The Kier molecular flexibility index (Phi) is 3.86. The molecule has 1 rings (SSSR count). The summed E-state index contributed by atoms with van der Waals surface area (Å²) >= 11 is 0. The van der Waals surface area contributed by atoms with Crippen molar-refractivity contribution in [2.24, 2.45) is 0 Å². The van der Waals surface area contributed by atoms with Crippen molar-refractivity contribution < 1.29 is 5.11 Å². The van der Waals surface area contributed by atoms with E-state index in [9.17, 15) is 5.11 Å². The van der Waals surface area contributed by atoms with Gasteiger partial charge in [-0.05, 0) is 31.5 Å². The van der Waals surface area contributed by atoms with E-state index in [4.69, 9.17) is 0 Å². The highest BCUT2D eigenvalue weighted by Gasteiger charge is 2.07. The van der Waals surface area contributed by atoms with E-state index in [2.05, 4.69) is 10.3 Å². The highest BCUT2D eigenvalue weighted by Crippen LogP contribution is 2.09. The van der Waals surface area contributed by atoms with Gasteiger partial charge in [0.2, 0.25) is 0 Å². The molecule has 0 aliphatic rings. The zero-order valence-electron chi connectivity index (χ0n) is 8.01. The van der Waals surface area contributed by atoms with Gasteiger partial charge in [0.1, 0.15) is 0 Å². The summed E-state index contributed by atoms with van der Waals surface area (Å²) in [5, 5.41) is 13.9. The zero-order chi connectivity index (χ0) is 9.68. The molecule has 71 valence electrons. The molecule has 0 saturated carbocycles. The lowest BCUT2D eigenvalue weighted by molar-refractivity contribution is 0.170. The highest BCUT2D eigenvalue weighted by molar-refractivity contribution is 5.13. The van der Waals surface area contributed by atoms with Crippen molar-refractivity contribution in [3.05, 3.63) is 30.1 Å². The van der Waals surface area contributed by atoms with Crippen LogP contribution in [-0.2, 0) is 0 Å². The van der Waals surface area contributed by atoms with Crippen molar-refractivity contribution in [1.82, 2.24) is 10.3 Å². The van der Waals surface area contributed by atoms with Crippen LogP contribution >= 0.6 is 0 Å². The summed E-state index contributed by atoms with van der Waals surface area (Å²) in [6.07, 6.45) is 2.85. The first-order chi connectivity index (χ1) is 6.20. The van der Waals surface area contributed by atoms with Crippen molar-refractivity contribution >= 4 is 0 Å². The summed E-state index contributed by atoms with van der Waals surface area (Å²) < 4.78 is 0. The molecule has 0 aliphatic carbocycles. The maximum Gasteiger partial charge on any atom is 0.0932 e. The standard InChI is InChI=1S/C10H15N2O/c1-8(2)12-7-10(13)9-3-5-11-6-4-9/h3-6,8,10,13H,7H2,1-2H3. The summed E-state index contributed by atoms with van der Waals surface area (Å²) in [5.41, 5.74) is 0.874. The molecule has 1 unspecified atom stereocenters. The number of nitrogens with zero attached hydrogens (tertiary/aromatic N) is 2. The third-order valence-electron chi connectivity index (χ3n) is 1.73. The van der Waals surface area contributed by atoms with Crippen LogP contribution in [0.4, 0.5) is 0 Å². The van der Waals surface area contributed by atoms with E-state index in [0.717, 1.165) is 5.56 Å². The van der Waals surface area contributed by atoms with Gasteiger partial charge in [-0.1, -0.05) is 0 Å². The van der Waals surface area contributed by atoms with Crippen LogP contribution in [-0.4, -0.2) is 22.7 Å². The van der Waals surface area contributed by atoms with Crippen molar-refractivity contribution in [3.8, 4) is 0 Å². The van der Waals surface area contributed by atoms with Crippen molar-refractivity contribution in [3.63, 3.8) is 0 Å². The Hall–Kier alpha value is -0.930. The van der Waals surface area contributed by atoms with Crippen LogP contribution in [0.15, 0.2) is 24.5 Å². The molecule has 1 atom stereocenters. The average Bonchev–Trinajstić information content (AvgIpc) is 2.15. The van der Waals surface area contributed by atoms with Crippen LogP contribution in [0.5, 0.6) is 0 Å². The van der Waals surface area contributed by atoms with Crippen LogP contribution in [0.2, 0.25) is 0 Å². The molecule has 0 spiro atoms. The highest BCUT2D eigenvalue weighted by atomic mass is 16.3. The lowest BCUT2D eigenvalue weighted by Crippen LogP contribution is -2.20. The van der Waals surface area contributed by atoms with Crippen molar-refractivity contribution in [1.29, 1.82) is 0 Å². The molecule has 3 heteroatoms. The SMILES string of the molecule is CC(C)[N]CC(O)c1ccncc1. The summed E-state index contributed by atoms with van der Waals surface area (Å²) in [6, 6.07) is 3.89. The van der Waals surface area contributed by atoms with Gasteiger partial charge < -0.3 is 5.11 Å². The Morgan fingerprint density at radius 1 is 1.38 bits per heavy atom. The minimum Gasteiger partial charge on any atom is -0.387 e. The van der Waals surface area contributed by atoms with Gasteiger partial charge in [-0.2, -0.15) is 0 Å². The summed E-state index contributed by atoms with van der Waals surface area (Å²) in [7, 11) is 0. The summed E-state index contributed by atoms with van der Waals surface area (Å²) in [4.78, 5) is 3.88. The molecule has 1 radical (unpaired) electrons. The number of aliphatic hydroxyl groups is 1. The van der Waals surface area contributed by atoms with E-state index >= 15 is 0 Å². The van der Waals surface area contributed by atoms with Gasteiger partial charge in [0.15, 0.2) is 0 Å². The molecule has 1 aromatic rings. The van der Waals surface area contributed by atoms with Crippen LogP contribution < -0.4 is 5.32 Å². The second-order valence-electron chi connectivity index (χ2n) is 3.26. The van der Waals surface area contributed by atoms with Gasteiger partial charge in [-0.15, -0.1) is 0 Å². The fraction of sp³-hybridized carbons (Fsp3) is 0.500. The molecule has 0 amide bonds. The molecule has 1 aromatic heterocycles. The minimum atomic E-state index is -0.495. The lowest BCUT2D eigenvalue weighted by Gasteiger charge is -2.11. The van der Waals surface area contributed by atoms with E-state index in [1.54, 1.807) is 24.5 Å². The largest absolute Gasteiger partial charge is 0.387 e. The quantitative estimate of drug-likeness (QED) is 0.753. The van der Waals surface area contributed by atoms with Gasteiger partial charge in [-0.3, -0.25) is 4.98 Å². The third-order valence-corrected chi connectivity index (χ3v) is 1.73. The number of aromatic nitrogens is 1. The fourth-order valence-electron chi connectivity index (χ4n) is 1.00. The monoisotopic (exact) mass is 179 g/mol. The van der Waals surface area contributed by atoms with Gasteiger partial charge in [0.05, 0.1) is 6.10 Å². The Labute approximate surface area is 78.8 Å². The summed E-state index contributed by atoms with van der Waals surface area (Å²) in [5.74, 6) is 0. The van der Waals surface area contributed by atoms with E-state index in [1.807, 2.05) is 13.8 Å². The zero-order valence-corrected chi connectivity index (χ0v) is 8.01. The van der Waals surface area contributed by atoms with E-state index in [-0.39, 0.29) is 6.04 Å². The number of pyridine rings is 1. The predicted octanol–water partition coefficient (Wildman–Crippen LogP) is 1.13. The molecule has 3 nitrogen and oxygen atoms in total. The molecular weight excluding hydrogens is 164 g/mol. The maximum atomic E-state index is 9.65. The Morgan fingerprint density at radius 2 is 2.00 bits per heavy atom. The van der Waals surface area contributed by atoms with Gasteiger partial charge in [0.25, 0.3) is 0 Å². The van der Waals surface area contributed by atoms with Crippen LogP contribution in [0.1, 0.15) is 25.5 Å². The van der Waals surface area contributed by atoms with Crippen molar-refractivity contribution in [2.45, 2.75) is 26.0 Å². The lowest BCUT2D eigenvalue weighted by atomic mass is 10.1. The maximum absolute atomic E-state index is 9.65. The van der Waals surface area contributed by atoms with Gasteiger partial charge in [0, 0.05) is 25.0 Å². The number of rotatable bonds is 4. The van der Waals surface area contributed by atoms with Gasteiger partial charge >= 0.3 is 0 Å². The van der Waals surface area contributed by atoms with Gasteiger partial charge in [-0.25, -0.2) is 5.32 Å². The first-order valence-electron chi connectivity index (χ1n) is 4.44. The predicted molar refractivity (Wildman–Crippen MR) is 51.3 cm³/mol. The second kappa shape index (κ2) is 4.94. The smallest absolute Gasteiger partial charge is 0.0932 e. The summed E-state index contributed by atoms with van der Waals surface area (Å²) in [6.45, 7) is 4.46. The fourth-order valence-corrected chi connectivity index (χ4v) is 1.00. The molecule has 0 fully saturated rings. The normalized spacial score (nSPS) is 13.2. The second-order valence-corrected chi connectivity index (χ2v) is 3.26. The van der Waals surface area contributed by atoms with E-state index in [1.165, 1.54) is 0 Å². The van der Waals surface area contributed by atoms with Crippen LogP contribution in [0, 0.1) is 0 Å². The molecule has 0 aromatic carbocycles. The Morgan fingerprint density at radius 3 is 2.54 bits per heavy atom. The third kappa shape index (κ3) is 3.53. The molecular formula is C10H15N2O. The molecule has 0 saturated heterocycles. The Bertz CT molecular complexity index is 236. The average molecular weight is 179 g/mol. The minimum absolute atomic E-state index is 0.275.